The minimum atomic E-state index is -4.70. The molecule has 1 aliphatic heterocycles. The molecule has 1 aliphatic rings. The largest absolute Gasteiger partial charge is 0.417 e. The van der Waals surface area contributed by atoms with Gasteiger partial charge in [0.1, 0.15) is 0 Å². The fraction of sp³-hybridized carbons (Fsp3) is 0.500. The van der Waals surface area contributed by atoms with Gasteiger partial charge in [-0.15, -0.1) is 12.4 Å². The quantitative estimate of drug-likeness (QED) is 0.883. The van der Waals surface area contributed by atoms with Crippen LogP contribution in [0.1, 0.15) is 18.4 Å². The van der Waals surface area contributed by atoms with Crippen molar-refractivity contribution in [3.8, 4) is 0 Å². The maximum absolute atomic E-state index is 12.9. The lowest BCUT2D eigenvalue weighted by Gasteiger charge is -2.24. The number of hydrogen-bond acceptors (Lipinski definition) is 3. The summed E-state index contributed by atoms with van der Waals surface area (Å²) in [6.45, 7) is 1.21. The molecule has 1 unspecified atom stereocenters. The average Bonchev–Trinajstić information content (AvgIpc) is 2.38. The Kier molecular flexibility index (Phi) is 6.03. The molecule has 9 heteroatoms. The molecule has 2 rings (SSSR count). The van der Waals surface area contributed by atoms with Crippen molar-refractivity contribution in [3.05, 3.63) is 29.8 Å². The van der Waals surface area contributed by atoms with Crippen LogP contribution in [0.25, 0.3) is 0 Å². The SMILES string of the molecule is Cl.O=S(=O)(NC1CCCNC1)c1ccccc1C(F)(F)F. The first-order valence-electron chi connectivity index (χ1n) is 6.20. The molecule has 0 spiro atoms. The lowest BCUT2D eigenvalue weighted by atomic mass is 10.1. The van der Waals surface area contributed by atoms with Crippen molar-refractivity contribution >= 4 is 22.4 Å². The number of sulfonamides is 1. The lowest BCUT2D eigenvalue weighted by Crippen LogP contribution is -2.45. The second kappa shape index (κ2) is 6.95. The van der Waals surface area contributed by atoms with Crippen LogP contribution in [-0.2, 0) is 16.2 Å². The highest BCUT2D eigenvalue weighted by molar-refractivity contribution is 7.89. The van der Waals surface area contributed by atoms with E-state index >= 15 is 0 Å². The second-order valence-corrected chi connectivity index (χ2v) is 6.34. The van der Waals surface area contributed by atoms with E-state index < -0.39 is 26.7 Å². The molecule has 1 aromatic carbocycles. The molecule has 4 nitrogen and oxygen atoms in total. The van der Waals surface area contributed by atoms with Gasteiger partial charge in [-0.2, -0.15) is 13.2 Å². The summed E-state index contributed by atoms with van der Waals surface area (Å²) in [4.78, 5) is -0.724. The summed E-state index contributed by atoms with van der Waals surface area (Å²) in [5.41, 5.74) is -1.14. The molecule has 0 saturated carbocycles. The first-order valence-corrected chi connectivity index (χ1v) is 7.68. The molecule has 1 atom stereocenters. The third-order valence-corrected chi connectivity index (χ3v) is 4.68. The summed E-state index contributed by atoms with van der Waals surface area (Å²) in [5.74, 6) is 0. The summed E-state index contributed by atoms with van der Waals surface area (Å²) < 4.78 is 65.1. The highest BCUT2D eigenvalue weighted by Crippen LogP contribution is 2.33. The van der Waals surface area contributed by atoms with Crippen molar-refractivity contribution in [1.29, 1.82) is 0 Å². The first-order chi connectivity index (χ1) is 9.31. The van der Waals surface area contributed by atoms with E-state index in [0.29, 0.717) is 13.0 Å². The molecule has 1 aromatic rings. The molecule has 2 N–H and O–H groups in total. The minimum absolute atomic E-state index is 0. The monoisotopic (exact) mass is 344 g/mol. The third-order valence-electron chi connectivity index (χ3n) is 3.10. The van der Waals surface area contributed by atoms with Crippen LogP contribution < -0.4 is 10.0 Å². The van der Waals surface area contributed by atoms with Crippen molar-refractivity contribution in [2.75, 3.05) is 13.1 Å². The van der Waals surface area contributed by atoms with Crippen LogP contribution in [0, 0.1) is 0 Å². The molecule has 0 amide bonds. The van der Waals surface area contributed by atoms with Crippen molar-refractivity contribution in [2.24, 2.45) is 0 Å². The molecular formula is C12H16ClF3N2O2S. The second-order valence-electron chi connectivity index (χ2n) is 4.66. The predicted molar refractivity (Wildman–Crippen MR) is 74.9 cm³/mol. The highest BCUT2D eigenvalue weighted by atomic mass is 35.5. The zero-order valence-electron chi connectivity index (χ0n) is 11.0. The maximum Gasteiger partial charge on any atom is 0.417 e. The number of nitrogens with one attached hydrogen (secondary N) is 2. The lowest BCUT2D eigenvalue weighted by molar-refractivity contribution is -0.139. The van der Waals surface area contributed by atoms with Gasteiger partial charge in [0.05, 0.1) is 10.5 Å². The molecule has 21 heavy (non-hydrogen) atoms. The Bertz CT molecular complexity index is 572. The van der Waals surface area contributed by atoms with Crippen molar-refractivity contribution in [3.63, 3.8) is 0 Å². The molecule has 1 heterocycles. The van der Waals surface area contributed by atoms with Crippen molar-refractivity contribution in [2.45, 2.75) is 30.0 Å². The Morgan fingerprint density at radius 2 is 1.90 bits per heavy atom. The number of benzene rings is 1. The summed E-state index contributed by atoms with van der Waals surface area (Å²) in [6, 6.07) is 3.82. The summed E-state index contributed by atoms with van der Waals surface area (Å²) in [7, 11) is -4.18. The fourth-order valence-corrected chi connectivity index (χ4v) is 3.67. The smallest absolute Gasteiger partial charge is 0.315 e. The Morgan fingerprint density at radius 3 is 2.48 bits per heavy atom. The van der Waals surface area contributed by atoms with Crippen LogP contribution >= 0.6 is 12.4 Å². The van der Waals surface area contributed by atoms with Gasteiger partial charge in [0.15, 0.2) is 0 Å². The topological polar surface area (TPSA) is 58.2 Å². The van der Waals surface area contributed by atoms with Gasteiger partial charge in [-0.3, -0.25) is 0 Å². The zero-order valence-corrected chi connectivity index (χ0v) is 12.6. The molecule has 0 radical (unpaired) electrons. The predicted octanol–water partition coefficient (Wildman–Crippen LogP) is 2.16. The Hall–Kier alpha value is -0.830. The zero-order chi connectivity index (χ0) is 14.8. The van der Waals surface area contributed by atoms with Gasteiger partial charge in [-0.25, -0.2) is 13.1 Å². The van der Waals surface area contributed by atoms with Gasteiger partial charge in [0, 0.05) is 12.6 Å². The van der Waals surface area contributed by atoms with Crippen molar-refractivity contribution < 1.29 is 21.6 Å². The Labute approximate surface area is 127 Å². The van der Waals surface area contributed by atoms with Gasteiger partial charge in [0.2, 0.25) is 10.0 Å². The summed E-state index contributed by atoms with van der Waals surface area (Å²) in [6.07, 6.45) is -3.30. The van der Waals surface area contributed by atoms with Crippen molar-refractivity contribution in [1.82, 2.24) is 10.0 Å². The maximum atomic E-state index is 12.9. The summed E-state index contributed by atoms with van der Waals surface area (Å²) in [5, 5.41) is 3.00. The fourth-order valence-electron chi connectivity index (χ4n) is 2.17. The third kappa shape index (κ3) is 4.57. The van der Waals surface area contributed by atoms with E-state index in [2.05, 4.69) is 10.0 Å². The molecule has 1 fully saturated rings. The first kappa shape index (κ1) is 18.2. The number of piperidine rings is 1. The molecule has 0 aromatic heterocycles. The number of rotatable bonds is 3. The van der Waals surface area contributed by atoms with Crippen LogP contribution in [0.4, 0.5) is 13.2 Å². The summed E-state index contributed by atoms with van der Waals surface area (Å²) >= 11 is 0. The van der Waals surface area contributed by atoms with E-state index in [4.69, 9.17) is 0 Å². The molecule has 120 valence electrons. The highest BCUT2D eigenvalue weighted by Gasteiger charge is 2.37. The van der Waals surface area contributed by atoms with E-state index in [0.717, 1.165) is 25.1 Å². The van der Waals surface area contributed by atoms with Gasteiger partial charge >= 0.3 is 6.18 Å². The normalized spacial score (nSPS) is 19.9. The van der Waals surface area contributed by atoms with Gasteiger partial charge in [-0.05, 0) is 31.5 Å². The molecule has 0 aliphatic carbocycles. The van der Waals surface area contributed by atoms with E-state index in [1.54, 1.807) is 0 Å². The van der Waals surface area contributed by atoms with Gasteiger partial charge < -0.3 is 5.32 Å². The van der Waals surface area contributed by atoms with E-state index in [1.165, 1.54) is 12.1 Å². The van der Waals surface area contributed by atoms with Crippen LogP contribution in [0.15, 0.2) is 29.2 Å². The number of hydrogen-bond donors (Lipinski definition) is 2. The van der Waals surface area contributed by atoms with E-state index in [1.807, 2.05) is 0 Å². The van der Waals surface area contributed by atoms with Crippen LogP contribution in [0.3, 0.4) is 0 Å². The molecular weight excluding hydrogens is 329 g/mol. The van der Waals surface area contributed by atoms with Crippen LogP contribution in [0.2, 0.25) is 0 Å². The Balaban J connectivity index is 0.00000220. The van der Waals surface area contributed by atoms with E-state index in [9.17, 15) is 21.6 Å². The standard InChI is InChI=1S/C12H15F3N2O2S.ClH/c13-12(14,15)10-5-1-2-6-11(10)20(18,19)17-9-4-3-7-16-8-9;/h1-2,5-6,9,16-17H,3-4,7-8H2;1H. The Morgan fingerprint density at radius 1 is 1.24 bits per heavy atom. The van der Waals surface area contributed by atoms with Gasteiger partial charge in [0.25, 0.3) is 0 Å². The molecule has 1 saturated heterocycles. The van der Waals surface area contributed by atoms with Crippen LogP contribution in [0.5, 0.6) is 0 Å². The number of halogens is 4. The van der Waals surface area contributed by atoms with Crippen LogP contribution in [-0.4, -0.2) is 27.5 Å². The number of alkyl halides is 3. The minimum Gasteiger partial charge on any atom is -0.315 e. The molecule has 0 bridgehead atoms. The van der Waals surface area contributed by atoms with Gasteiger partial charge in [-0.1, -0.05) is 12.1 Å². The van der Waals surface area contributed by atoms with E-state index in [-0.39, 0.29) is 18.4 Å². The average molecular weight is 345 g/mol.